The predicted molar refractivity (Wildman–Crippen MR) is 105 cm³/mol. The van der Waals surface area contributed by atoms with E-state index >= 15 is 0 Å². The summed E-state index contributed by atoms with van der Waals surface area (Å²) in [4.78, 5) is 28.8. The number of pyridine rings is 1. The minimum Gasteiger partial charge on any atom is -0.294 e. The van der Waals surface area contributed by atoms with Crippen molar-refractivity contribution in [2.75, 3.05) is 0 Å². The van der Waals surface area contributed by atoms with E-state index in [1.807, 2.05) is 18.2 Å². The fourth-order valence-electron chi connectivity index (χ4n) is 4.25. The predicted octanol–water partition coefficient (Wildman–Crippen LogP) is 5.32. The molecule has 0 aliphatic heterocycles. The molecule has 0 spiro atoms. The van der Waals surface area contributed by atoms with Crippen LogP contribution in [0.5, 0.6) is 0 Å². The zero-order chi connectivity index (χ0) is 18.4. The Labute approximate surface area is 156 Å². The first kappa shape index (κ1) is 18.8. The monoisotopic (exact) mass is 351 g/mol. The molecule has 0 radical (unpaired) electrons. The number of hydrogen-bond donors (Lipinski definition) is 0. The van der Waals surface area contributed by atoms with Crippen LogP contribution in [0.2, 0.25) is 0 Å². The van der Waals surface area contributed by atoms with Crippen molar-refractivity contribution >= 4 is 17.1 Å². The van der Waals surface area contributed by atoms with Crippen LogP contribution in [0.25, 0.3) is 5.57 Å². The number of allylic oxidation sites excluding steroid dienone is 4. The Kier molecular flexibility index (Phi) is 6.54. The molecule has 138 valence electrons. The molecule has 1 fully saturated rings. The molecule has 0 N–H and O–H groups in total. The van der Waals surface area contributed by atoms with Crippen molar-refractivity contribution < 1.29 is 9.59 Å². The molecule has 0 amide bonds. The first-order valence-corrected chi connectivity index (χ1v) is 10.0. The zero-order valence-electron chi connectivity index (χ0n) is 15.7. The summed E-state index contributed by atoms with van der Waals surface area (Å²) in [5.41, 5.74) is 2.33. The van der Waals surface area contributed by atoms with Gasteiger partial charge < -0.3 is 0 Å². The van der Waals surface area contributed by atoms with E-state index in [9.17, 15) is 9.59 Å². The molecule has 3 nitrogen and oxygen atoms in total. The maximum absolute atomic E-state index is 12.6. The van der Waals surface area contributed by atoms with E-state index in [2.05, 4.69) is 11.9 Å². The average Bonchev–Trinajstić information content (AvgIpc) is 2.69. The van der Waals surface area contributed by atoms with Crippen LogP contribution in [0.15, 0.2) is 42.3 Å². The van der Waals surface area contributed by atoms with Crippen molar-refractivity contribution in [3.63, 3.8) is 0 Å². The lowest BCUT2D eigenvalue weighted by Gasteiger charge is -2.27. The number of carbonyl (C=O) groups excluding carboxylic acids is 2. The lowest BCUT2D eigenvalue weighted by Crippen LogP contribution is -2.17. The van der Waals surface area contributed by atoms with Crippen LogP contribution in [0, 0.1) is 11.8 Å². The first-order chi connectivity index (χ1) is 12.6. The molecule has 2 aliphatic carbocycles. The molecule has 2 aliphatic rings. The van der Waals surface area contributed by atoms with E-state index < -0.39 is 0 Å². The standard InChI is InChI=1S/C23H29NO2/c1-17(18-7-3-2-4-8-18)6-5-9-22(25)21-16-20(10-11-23(21)26)19-12-14-24-15-13-19/h10,12-18H,2-9,11H2,1H3. The normalized spacial score (nSPS) is 19.7. The van der Waals surface area contributed by atoms with Crippen LogP contribution in [0.4, 0.5) is 0 Å². The van der Waals surface area contributed by atoms with Crippen molar-refractivity contribution in [2.45, 2.75) is 64.7 Å². The Bertz CT molecular complexity index is 696. The molecule has 1 aromatic rings. The van der Waals surface area contributed by atoms with Gasteiger partial charge in [-0.1, -0.05) is 51.5 Å². The van der Waals surface area contributed by atoms with E-state index in [1.54, 1.807) is 18.5 Å². The van der Waals surface area contributed by atoms with Crippen LogP contribution in [0.3, 0.4) is 0 Å². The third-order valence-electron chi connectivity index (χ3n) is 5.94. The summed E-state index contributed by atoms with van der Waals surface area (Å²) in [6, 6.07) is 3.82. The lowest BCUT2D eigenvalue weighted by molar-refractivity contribution is -0.121. The summed E-state index contributed by atoms with van der Waals surface area (Å²) in [5.74, 6) is 1.47. The van der Waals surface area contributed by atoms with Crippen LogP contribution < -0.4 is 0 Å². The minimum absolute atomic E-state index is 0.00509. The number of Topliss-reactive ketones (excluding diaryl/α,β-unsaturated/α-hetero) is 2. The molecule has 0 saturated heterocycles. The molecule has 1 unspecified atom stereocenters. The second kappa shape index (κ2) is 9.07. The van der Waals surface area contributed by atoms with Gasteiger partial charge in [-0.3, -0.25) is 14.6 Å². The number of rotatable bonds is 7. The maximum Gasteiger partial charge on any atom is 0.170 e. The molecular formula is C23H29NO2. The van der Waals surface area contributed by atoms with Crippen molar-refractivity contribution in [1.29, 1.82) is 0 Å². The van der Waals surface area contributed by atoms with Crippen LogP contribution >= 0.6 is 0 Å². The topological polar surface area (TPSA) is 47.0 Å². The SMILES string of the molecule is CC(CCCC(=O)C1=CC(c2ccncc2)=CCC1=O)C1CCCCC1. The van der Waals surface area contributed by atoms with E-state index in [-0.39, 0.29) is 11.6 Å². The first-order valence-electron chi connectivity index (χ1n) is 10.0. The van der Waals surface area contributed by atoms with E-state index in [4.69, 9.17) is 0 Å². The van der Waals surface area contributed by atoms with Gasteiger partial charge in [0.1, 0.15) is 0 Å². The lowest BCUT2D eigenvalue weighted by atomic mass is 9.78. The third-order valence-corrected chi connectivity index (χ3v) is 5.94. The molecule has 1 atom stereocenters. The van der Waals surface area contributed by atoms with Gasteiger partial charge in [-0.2, -0.15) is 0 Å². The molecule has 3 heteroatoms. The molecule has 1 saturated carbocycles. The summed E-state index contributed by atoms with van der Waals surface area (Å²) < 4.78 is 0. The Hall–Kier alpha value is -2.03. The number of aromatic nitrogens is 1. The van der Waals surface area contributed by atoms with Gasteiger partial charge in [0.15, 0.2) is 11.6 Å². The van der Waals surface area contributed by atoms with Gasteiger partial charge in [-0.15, -0.1) is 0 Å². The fourth-order valence-corrected chi connectivity index (χ4v) is 4.25. The maximum atomic E-state index is 12.6. The van der Waals surface area contributed by atoms with Crippen molar-refractivity contribution in [1.82, 2.24) is 4.98 Å². The average molecular weight is 351 g/mol. The number of nitrogens with zero attached hydrogens (tertiary/aromatic N) is 1. The number of hydrogen-bond acceptors (Lipinski definition) is 3. The van der Waals surface area contributed by atoms with Crippen molar-refractivity contribution in [3.8, 4) is 0 Å². The number of carbonyl (C=O) groups is 2. The second-order valence-corrected chi connectivity index (χ2v) is 7.77. The van der Waals surface area contributed by atoms with Gasteiger partial charge in [-0.05, 0) is 47.6 Å². The Morgan fingerprint density at radius 1 is 1.19 bits per heavy atom. The van der Waals surface area contributed by atoms with Gasteiger partial charge in [-0.25, -0.2) is 0 Å². The van der Waals surface area contributed by atoms with Gasteiger partial charge in [0, 0.05) is 25.2 Å². The highest BCUT2D eigenvalue weighted by Crippen LogP contribution is 2.32. The second-order valence-electron chi connectivity index (χ2n) is 7.77. The highest BCUT2D eigenvalue weighted by molar-refractivity contribution is 6.23. The van der Waals surface area contributed by atoms with Crippen LogP contribution in [-0.4, -0.2) is 16.6 Å². The van der Waals surface area contributed by atoms with Crippen molar-refractivity contribution in [2.24, 2.45) is 11.8 Å². The highest BCUT2D eigenvalue weighted by atomic mass is 16.1. The van der Waals surface area contributed by atoms with Gasteiger partial charge in [0.05, 0.1) is 5.57 Å². The van der Waals surface area contributed by atoms with Crippen molar-refractivity contribution in [3.05, 3.63) is 47.8 Å². The molecule has 26 heavy (non-hydrogen) atoms. The Morgan fingerprint density at radius 2 is 1.92 bits per heavy atom. The quantitative estimate of drug-likeness (QED) is 0.625. The third kappa shape index (κ3) is 4.78. The molecule has 3 rings (SSSR count). The summed E-state index contributed by atoms with van der Waals surface area (Å²) in [6.07, 6.45) is 16.7. The largest absolute Gasteiger partial charge is 0.294 e. The fraction of sp³-hybridized carbons (Fsp3) is 0.522. The summed E-state index contributed by atoms with van der Waals surface area (Å²) >= 11 is 0. The summed E-state index contributed by atoms with van der Waals surface area (Å²) in [6.45, 7) is 2.33. The van der Waals surface area contributed by atoms with E-state index in [0.29, 0.717) is 24.3 Å². The van der Waals surface area contributed by atoms with Crippen LogP contribution in [0.1, 0.15) is 70.3 Å². The molecule has 0 aromatic carbocycles. The minimum atomic E-state index is -0.0480. The van der Waals surface area contributed by atoms with Gasteiger partial charge >= 0.3 is 0 Å². The Morgan fingerprint density at radius 3 is 2.65 bits per heavy atom. The van der Waals surface area contributed by atoms with Gasteiger partial charge in [0.2, 0.25) is 0 Å². The van der Waals surface area contributed by atoms with Crippen LogP contribution in [-0.2, 0) is 9.59 Å². The summed E-state index contributed by atoms with van der Waals surface area (Å²) in [7, 11) is 0. The van der Waals surface area contributed by atoms with E-state index in [1.165, 1.54) is 32.1 Å². The number of ketones is 2. The highest BCUT2D eigenvalue weighted by Gasteiger charge is 2.23. The zero-order valence-corrected chi connectivity index (χ0v) is 15.7. The Balaban J connectivity index is 1.55. The smallest absolute Gasteiger partial charge is 0.170 e. The molecular weight excluding hydrogens is 322 g/mol. The van der Waals surface area contributed by atoms with E-state index in [0.717, 1.165) is 29.9 Å². The molecule has 1 aromatic heterocycles. The molecule has 0 bridgehead atoms. The summed E-state index contributed by atoms with van der Waals surface area (Å²) in [5, 5.41) is 0. The molecule has 1 heterocycles. The van der Waals surface area contributed by atoms with Gasteiger partial charge in [0.25, 0.3) is 0 Å².